The zero-order valence-electron chi connectivity index (χ0n) is 14.6. The maximum absolute atomic E-state index is 12.4. The van der Waals surface area contributed by atoms with Crippen molar-refractivity contribution in [2.45, 2.75) is 19.3 Å². The molecule has 1 fully saturated rings. The third-order valence-electron chi connectivity index (χ3n) is 4.40. The first-order chi connectivity index (χ1) is 12.6. The van der Waals surface area contributed by atoms with Crippen molar-refractivity contribution >= 4 is 29.1 Å². The third-order valence-corrected chi connectivity index (χ3v) is 4.40. The number of nitrogens with one attached hydrogen (secondary N) is 2. The van der Waals surface area contributed by atoms with E-state index < -0.39 is 0 Å². The quantitative estimate of drug-likeness (QED) is 0.889. The Morgan fingerprint density at radius 2 is 1.50 bits per heavy atom. The second-order valence-electron chi connectivity index (χ2n) is 6.16. The minimum atomic E-state index is -0.241. The number of hydrogen-bond donors (Lipinski definition) is 2. The van der Waals surface area contributed by atoms with Crippen LogP contribution in [0.1, 0.15) is 40.0 Å². The van der Waals surface area contributed by atoms with Gasteiger partial charge in [-0.3, -0.25) is 14.4 Å². The van der Waals surface area contributed by atoms with E-state index in [1.165, 1.54) is 0 Å². The van der Waals surface area contributed by atoms with Gasteiger partial charge in [0.15, 0.2) is 0 Å². The summed E-state index contributed by atoms with van der Waals surface area (Å²) in [6.07, 6.45) is 2.52. The molecule has 6 heteroatoms. The number of amides is 3. The van der Waals surface area contributed by atoms with Gasteiger partial charge in [-0.2, -0.15) is 0 Å². The van der Waals surface area contributed by atoms with Crippen molar-refractivity contribution in [3.63, 3.8) is 0 Å². The van der Waals surface area contributed by atoms with Gasteiger partial charge in [-0.15, -0.1) is 0 Å². The lowest BCUT2D eigenvalue weighted by Gasteiger charge is -2.26. The van der Waals surface area contributed by atoms with Crippen LogP contribution in [0.2, 0.25) is 0 Å². The van der Waals surface area contributed by atoms with E-state index in [0.717, 1.165) is 25.1 Å². The van der Waals surface area contributed by atoms with Crippen LogP contribution in [-0.4, -0.2) is 31.3 Å². The number of carbonyl (C=O) groups is 3. The Kier molecular flexibility index (Phi) is 5.31. The van der Waals surface area contributed by atoms with Crippen molar-refractivity contribution in [2.75, 3.05) is 23.8 Å². The number of anilines is 2. The van der Waals surface area contributed by atoms with Gasteiger partial charge in [-0.1, -0.05) is 0 Å². The van der Waals surface area contributed by atoms with Crippen LogP contribution >= 0.6 is 0 Å². The first kappa shape index (κ1) is 17.7. The Morgan fingerprint density at radius 1 is 0.885 bits per heavy atom. The van der Waals surface area contributed by atoms with Gasteiger partial charge in [0.1, 0.15) is 0 Å². The molecule has 3 rings (SSSR count). The summed E-state index contributed by atoms with van der Waals surface area (Å²) in [4.78, 5) is 37.6. The van der Waals surface area contributed by atoms with Crippen molar-refractivity contribution in [1.29, 1.82) is 0 Å². The third kappa shape index (κ3) is 3.91. The van der Waals surface area contributed by atoms with Crippen molar-refractivity contribution in [2.24, 2.45) is 0 Å². The lowest BCUT2D eigenvalue weighted by atomic mass is 10.1. The van der Waals surface area contributed by atoms with E-state index >= 15 is 0 Å². The number of rotatable bonds is 4. The molecule has 0 radical (unpaired) electrons. The van der Waals surface area contributed by atoms with Crippen molar-refractivity contribution < 1.29 is 14.4 Å². The summed E-state index contributed by atoms with van der Waals surface area (Å²) in [7, 11) is 1.57. The Bertz CT molecular complexity index is 813. The molecule has 1 heterocycles. The molecule has 2 N–H and O–H groups in total. The highest BCUT2D eigenvalue weighted by molar-refractivity contribution is 6.05. The monoisotopic (exact) mass is 351 g/mol. The van der Waals surface area contributed by atoms with Crippen LogP contribution < -0.4 is 15.5 Å². The first-order valence-electron chi connectivity index (χ1n) is 8.62. The SMILES string of the molecule is CNC(=O)c1ccc(NC(=O)c2ccc(N3CCCCC3=O)cc2)cc1. The van der Waals surface area contributed by atoms with Crippen molar-refractivity contribution in [3.05, 3.63) is 59.7 Å². The number of hydrogen-bond acceptors (Lipinski definition) is 3. The molecule has 2 aromatic rings. The summed E-state index contributed by atoms with van der Waals surface area (Å²) in [6, 6.07) is 13.7. The van der Waals surface area contributed by atoms with E-state index in [-0.39, 0.29) is 17.7 Å². The molecule has 0 atom stereocenters. The van der Waals surface area contributed by atoms with Crippen LogP contribution in [0.4, 0.5) is 11.4 Å². The summed E-state index contributed by atoms with van der Waals surface area (Å²) in [6.45, 7) is 0.724. The Hall–Kier alpha value is -3.15. The van der Waals surface area contributed by atoms with E-state index in [2.05, 4.69) is 10.6 Å². The second-order valence-corrected chi connectivity index (χ2v) is 6.16. The van der Waals surface area contributed by atoms with E-state index in [4.69, 9.17) is 0 Å². The molecule has 0 unspecified atom stereocenters. The highest BCUT2D eigenvalue weighted by Gasteiger charge is 2.19. The largest absolute Gasteiger partial charge is 0.355 e. The summed E-state index contributed by atoms with van der Waals surface area (Å²) in [5.41, 5.74) is 2.47. The topological polar surface area (TPSA) is 78.5 Å². The molecule has 6 nitrogen and oxygen atoms in total. The maximum Gasteiger partial charge on any atom is 0.255 e. The molecule has 0 saturated carbocycles. The first-order valence-corrected chi connectivity index (χ1v) is 8.62. The molecular weight excluding hydrogens is 330 g/mol. The molecule has 26 heavy (non-hydrogen) atoms. The number of benzene rings is 2. The molecule has 2 aromatic carbocycles. The molecule has 1 aliphatic rings. The van der Waals surface area contributed by atoms with Crippen LogP contribution in [-0.2, 0) is 4.79 Å². The Morgan fingerprint density at radius 3 is 2.12 bits per heavy atom. The van der Waals surface area contributed by atoms with Crippen LogP contribution in [0.5, 0.6) is 0 Å². The van der Waals surface area contributed by atoms with E-state index in [0.29, 0.717) is 23.2 Å². The summed E-state index contributed by atoms with van der Waals surface area (Å²) < 4.78 is 0. The van der Waals surface area contributed by atoms with Gasteiger partial charge < -0.3 is 15.5 Å². The predicted octanol–water partition coefficient (Wildman–Crippen LogP) is 2.82. The van der Waals surface area contributed by atoms with Gasteiger partial charge >= 0.3 is 0 Å². The fourth-order valence-corrected chi connectivity index (χ4v) is 2.92. The van der Waals surface area contributed by atoms with Gasteiger partial charge in [0.2, 0.25) is 5.91 Å². The van der Waals surface area contributed by atoms with E-state index in [9.17, 15) is 14.4 Å². The van der Waals surface area contributed by atoms with E-state index in [1.807, 2.05) is 0 Å². The molecule has 3 amide bonds. The number of piperidine rings is 1. The van der Waals surface area contributed by atoms with Crippen LogP contribution in [0.3, 0.4) is 0 Å². The highest BCUT2D eigenvalue weighted by atomic mass is 16.2. The Balaban J connectivity index is 1.66. The molecule has 1 saturated heterocycles. The van der Waals surface area contributed by atoms with Crippen molar-refractivity contribution in [1.82, 2.24) is 5.32 Å². The molecular formula is C20H21N3O3. The fraction of sp³-hybridized carbons (Fsp3) is 0.250. The normalized spacial score (nSPS) is 14.0. The van der Waals surface area contributed by atoms with Gasteiger partial charge in [-0.25, -0.2) is 0 Å². The summed E-state index contributed by atoms with van der Waals surface area (Å²) in [5.74, 6) is -0.287. The Labute approximate surface area is 152 Å². The maximum atomic E-state index is 12.4. The lowest BCUT2D eigenvalue weighted by Crippen LogP contribution is -2.35. The molecule has 0 aromatic heterocycles. The highest BCUT2D eigenvalue weighted by Crippen LogP contribution is 2.21. The van der Waals surface area contributed by atoms with Gasteiger partial charge in [-0.05, 0) is 61.4 Å². The molecule has 1 aliphatic heterocycles. The van der Waals surface area contributed by atoms with Gasteiger partial charge in [0.25, 0.3) is 11.8 Å². The van der Waals surface area contributed by atoms with Crippen LogP contribution in [0.15, 0.2) is 48.5 Å². The summed E-state index contributed by atoms with van der Waals surface area (Å²) >= 11 is 0. The summed E-state index contributed by atoms with van der Waals surface area (Å²) in [5, 5.41) is 5.35. The van der Waals surface area contributed by atoms with Crippen LogP contribution in [0, 0.1) is 0 Å². The van der Waals surface area contributed by atoms with Gasteiger partial charge in [0, 0.05) is 42.5 Å². The average molecular weight is 351 g/mol. The number of nitrogens with zero attached hydrogens (tertiary/aromatic N) is 1. The average Bonchev–Trinajstić information content (AvgIpc) is 2.68. The smallest absolute Gasteiger partial charge is 0.255 e. The van der Waals surface area contributed by atoms with Crippen molar-refractivity contribution in [3.8, 4) is 0 Å². The molecule has 0 spiro atoms. The van der Waals surface area contributed by atoms with E-state index in [1.54, 1.807) is 60.5 Å². The lowest BCUT2D eigenvalue weighted by molar-refractivity contribution is -0.119. The zero-order valence-corrected chi connectivity index (χ0v) is 14.6. The zero-order chi connectivity index (χ0) is 18.5. The molecule has 134 valence electrons. The minimum Gasteiger partial charge on any atom is -0.355 e. The van der Waals surface area contributed by atoms with Gasteiger partial charge in [0.05, 0.1) is 0 Å². The standard InChI is InChI=1S/C20H21N3O3/c1-21-19(25)14-5-9-16(10-6-14)22-20(26)15-7-11-17(12-8-15)23-13-3-2-4-18(23)24/h5-12H,2-4,13H2,1H3,(H,21,25)(H,22,26). The molecule has 0 aliphatic carbocycles. The number of carbonyl (C=O) groups excluding carboxylic acids is 3. The fourth-order valence-electron chi connectivity index (χ4n) is 2.92. The van der Waals surface area contributed by atoms with Crippen LogP contribution in [0.25, 0.3) is 0 Å². The minimum absolute atomic E-state index is 0.129. The predicted molar refractivity (Wildman–Crippen MR) is 100 cm³/mol. The molecule has 0 bridgehead atoms. The second kappa shape index (κ2) is 7.82.